The molecule has 0 spiro atoms. The Balaban J connectivity index is 1.45. The summed E-state index contributed by atoms with van der Waals surface area (Å²) >= 11 is 0. The Morgan fingerprint density at radius 1 is 0.875 bits per heavy atom. The van der Waals surface area contributed by atoms with Crippen LogP contribution in [0.25, 0.3) is 10.9 Å². The van der Waals surface area contributed by atoms with Gasteiger partial charge in [0, 0.05) is 23.7 Å². The van der Waals surface area contributed by atoms with Crippen LogP contribution in [0, 0.1) is 27.7 Å². The molecule has 0 saturated heterocycles. The maximum atomic E-state index is 12.8. The molecular formula is C27H26N4O. The number of ketones is 1. The van der Waals surface area contributed by atoms with Crippen molar-refractivity contribution in [1.29, 1.82) is 0 Å². The lowest BCUT2D eigenvalue weighted by Crippen LogP contribution is -2.21. The van der Waals surface area contributed by atoms with Crippen molar-refractivity contribution in [2.24, 2.45) is 0 Å². The van der Waals surface area contributed by atoms with E-state index in [4.69, 9.17) is 15.0 Å². The number of nitrogens with zero attached hydrogens (tertiary/aromatic N) is 4. The Morgan fingerprint density at radius 2 is 1.62 bits per heavy atom. The van der Waals surface area contributed by atoms with E-state index in [1.165, 1.54) is 22.3 Å². The highest BCUT2D eigenvalue weighted by molar-refractivity contribution is 5.98. The van der Waals surface area contributed by atoms with E-state index in [1.807, 2.05) is 6.92 Å². The Morgan fingerprint density at radius 3 is 2.41 bits per heavy atom. The van der Waals surface area contributed by atoms with E-state index in [-0.39, 0.29) is 11.7 Å². The highest BCUT2D eigenvalue weighted by Crippen LogP contribution is 2.32. The number of aromatic nitrogens is 4. The van der Waals surface area contributed by atoms with Crippen molar-refractivity contribution in [3.05, 3.63) is 93.4 Å². The maximum Gasteiger partial charge on any atom is 0.166 e. The number of carbonyl (C=O) groups is 1. The number of Topliss-reactive ketones (excluding diaryl/α,β-unsaturated/α-hetero) is 1. The van der Waals surface area contributed by atoms with Crippen molar-refractivity contribution in [3.8, 4) is 0 Å². The second kappa shape index (κ2) is 7.90. The summed E-state index contributed by atoms with van der Waals surface area (Å²) in [5.74, 6) is 1.63. The molecule has 0 radical (unpaired) electrons. The van der Waals surface area contributed by atoms with E-state index in [0.717, 1.165) is 28.7 Å². The van der Waals surface area contributed by atoms with E-state index in [2.05, 4.69) is 62.2 Å². The van der Waals surface area contributed by atoms with Crippen molar-refractivity contribution in [2.75, 3.05) is 0 Å². The van der Waals surface area contributed by atoms with Crippen LogP contribution in [0.2, 0.25) is 0 Å². The van der Waals surface area contributed by atoms with Gasteiger partial charge in [-0.3, -0.25) is 4.79 Å². The second-order valence-electron chi connectivity index (χ2n) is 8.94. The van der Waals surface area contributed by atoms with Gasteiger partial charge in [0.25, 0.3) is 0 Å². The predicted molar refractivity (Wildman–Crippen MR) is 125 cm³/mol. The minimum Gasteiger partial charge on any atom is -0.294 e. The number of fused-ring (bicyclic) bond motifs is 2. The van der Waals surface area contributed by atoms with Gasteiger partial charge >= 0.3 is 0 Å². The second-order valence-corrected chi connectivity index (χ2v) is 8.94. The van der Waals surface area contributed by atoms with Gasteiger partial charge < -0.3 is 0 Å². The van der Waals surface area contributed by atoms with Crippen molar-refractivity contribution >= 4 is 16.7 Å². The lowest BCUT2D eigenvalue weighted by Gasteiger charge is -2.23. The highest BCUT2D eigenvalue weighted by atomic mass is 16.1. The molecule has 160 valence electrons. The molecule has 0 aliphatic heterocycles. The molecule has 1 aliphatic carbocycles. The van der Waals surface area contributed by atoms with Crippen LogP contribution in [0.15, 0.2) is 42.6 Å². The van der Waals surface area contributed by atoms with Gasteiger partial charge in [-0.25, -0.2) is 19.9 Å². The molecule has 0 bridgehead atoms. The molecule has 2 aromatic carbocycles. The summed E-state index contributed by atoms with van der Waals surface area (Å²) in [6, 6.07) is 12.7. The molecular weight excluding hydrogens is 396 g/mol. The van der Waals surface area contributed by atoms with Gasteiger partial charge in [-0.05, 0) is 68.9 Å². The van der Waals surface area contributed by atoms with E-state index >= 15 is 0 Å². The van der Waals surface area contributed by atoms with E-state index in [9.17, 15) is 4.79 Å². The van der Waals surface area contributed by atoms with E-state index < -0.39 is 0 Å². The molecule has 32 heavy (non-hydrogen) atoms. The van der Waals surface area contributed by atoms with Gasteiger partial charge in [0.15, 0.2) is 5.78 Å². The molecule has 1 atom stereocenters. The summed E-state index contributed by atoms with van der Waals surface area (Å²) in [6.45, 7) is 8.29. The number of aryl methyl sites for hydroxylation is 4. The molecule has 2 heterocycles. The monoisotopic (exact) mass is 422 g/mol. The summed E-state index contributed by atoms with van der Waals surface area (Å²) in [4.78, 5) is 31.5. The maximum absolute atomic E-state index is 12.8. The van der Waals surface area contributed by atoms with Crippen LogP contribution in [0.4, 0.5) is 0 Å². The molecule has 1 aliphatic rings. The first-order chi connectivity index (χ1) is 15.4. The predicted octanol–water partition coefficient (Wildman–Crippen LogP) is 5.16. The van der Waals surface area contributed by atoms with Gasteiger partial charge in [-0.15, -0.1) is 0 Å². The summed E-state index contributed by atoms with van der Waals surface area (Å²) in [7, 11) is 0. The first kappa shape index (κ1) is 20.4. The number of hydrogen-bond donors (Lipinski definition) is 0. The molecule has 0 saturated carbocycles. The van der Waals surface area contributed by atoms with E-state index in [0.29, 0.717) is 30.1 Å². The molecule has 1 unspecified atom stereocenters. The third-order valence-corrected chi connectivity index (χ3v) is 6.50. The van der Waals surface area contributed by atoms with Crippen LogP contribution >= 0.6 is 0 Å². The molecule has 4 aromatic rings. The number of benzene rings is 2. The lowest BCUT2D eigenvalue weighted by atomic mass is 9.82. The van der Waals surface area contributed by atoms with Crippen LogP contribution in [0.1, 0.15) is 68.0 Å². The van der Waals surface area contributed by atoms with Gasteiger partial charge in [-0.2, -0.15) is 0 Å². The fourth-order valence-electron chi connectivity index (χ4n) is 4.47. The number of carbonyl (C=O) groups excluding carboxylic acids is 1. The van der Waals surface area contributed by atoms with Crippen LogP contribution < -0.4 is 0 Å². The summed E-state index contributed by atoms with van der Waals surface area (Å²) in [5.41, 5.74) is 8.25. The average Bonchev–Trinajstić information content (AvgIpc) is 2.75. The van der Waals surface area contributed by atoms with Gasteiger partial charge in [0.1, 0.15) is 11.6 Å². The molecule has 5 heteroatoms. The first-order valence-corrected chi connectivity index (χ1v) is 11.1. The Kier molecular flexibility index (Phi) is 5.04. The smallest absolute Gasteiger partial charge is 0.166 e. The normalized spacial score (nSPS) is 15.8. The highest BCUT2D eigenvalue weighted by Gasteiger charge is 2.28. The SMILES string of the molecule is Cc1ccc(C2CC(=O)c3cnc(Cc4nc(C)c5cc(C)c(C)cc5n4)nc3C2)cc1. The average molecular weight is 423 g/mol. The van der Waals surface area contributed by atoms with Gasteiger partial charge in [0.05, 0.1) is 23.2 Å². The van der Waals surface area contributed by atoms with Crippen molar-refractivity contribution in [1.82, 2.24) is 19.9 Å². The first-order valence-electron chi connectivity index (χ1n) is 11.1. The van der Waals surface area contributed by atoms with Crippen LogP contribution in [-0.4, -0.2) is 25.7 Å². The molecule has 0 N–H and O–H groups in total. The van der Waals surface area contributed by atoms with Crippen LogP contribution in [-0.2, 0) is 12.8 Å². The summed E-state index contributed by atoms with van der Waals surface area (Å²) < 4.78 is 0. The molecule has 5 rings (SSSR count). The third kappa shape index (κ3) is 3.79. The Hall–Kier alpha value is -3.47. The molecule has 2 aromatic heterocycles. The van der Waals surface area contributed by atoms with Crippen molar-refractivity contribution < 1.29 is 4.79 Å². The van der Waals surface area contributed by atoms with Gasteiger partial charge in [-0.1, -0.05) is 29.8 Å². The quantitative estimate of drug-likeness (QED) is 0.456. The zero-order valence-electron chi connectivity index (χ0n) is 18.9. The lowest BCUT2D eigenvalue weighted by molar-refractivity contribution is 0.0962. The zero-order valence-corrected chi connectivity index (χ0v) is 18.9. The minimum absolute atomic E-state index is 0.118. The van der Waals surface area contributed by atoms with Crippen molar-refractivity contribution in [2.45, 2.75) is 52.9 Å². The van der Waals surface area contributed by atoms with Crippen LogP contribution in [0.5, 0.6) is 0 Å². The number of rotatable bonds is 3. The Labute approximate surface area is 188 Å². The van der Waals surface area contributed by atoms with E-state index in [1.54, 1.807) is 6.20 Å². The van der Waals surface area contributed by atoms with Crippen LogP contribution in [0.3, 0.4) is 0 Å². The fourth-order valence-corrected chi connectivity index (χ4v) is 4.47. The largest absolute Gasteiger partial charge is 0.294 e. The molecule has 0 amide bonds. The standard InChI is InChI=1S/C27H26N4O/c1-15-5-7-19(8-6-15)20-11-24-22(25(32)12-20)14-28-26(30-24)13-27-29-18(4)21-9-16(2)17(3)10-23(21)31-27/h5-10,14,20H,11-13H2,1-4H3. The van der Waals surface area contributed by atoms with Gasteiger partial charge in [0.2, 0.25) is 0 Å². The Bertz CT molecular complexity index is 1360. The summed E-state index contributed by atoms with van der Waals surface area (Å²) in [5, 5.41) is 1.08. The third-order valence-electron chi connectivity index (χ3n) is 6.50. The minimum atomic E-state index is 0.118. The topological polar surface area (TPSA) is 68.6 Å². The van der Waals surface area contributed by atoms with Crippen molar-refractivity contribution in [3.63, 3.8) is 0 Å². The fraction of sp³-hybridized carbons (Fsp3) is 0.296. The summed E-state index contributed by atoms with van der Waals surface area (Å²) in [6.07, 6.45) is 3.38. The molecule has 5 nitrogen and oxygen atoms in total. The zero-order chi connectivity index (χ0) is 22.4. The molecule has 0 fully saturated rings. The number of hydrogen-bond acceptors (Lipinski definition) is 5.